The van der Waals surface area contributed by atoms with Crippen LogP contribution in [-0.2, 0) is 13.9 Å². The van der Waals surface area contributed by atoms with E-state index in [1.807, 2.05) is 0 Å². The van der Waals surface area contributed by atoms with Gasteiger partial charge in [-0.15, -0.1) is 0 Å². The lowest BCUT2D eigenvalue weighted by Crippen LogP contribution is -2.10. The zero-order valence-corrected chi connectivity index (χ0v) is 6.48. The summed E-state index contributed by atoms with van der Waals surface area (Å²) in [7, 11) is -4.46. The third-order valence-corrected chi connectivity index (χ3v) is 1.35. The zero-order chi connectivity index (χ0) is 8.91. The lowest BCUT2D eigenvalue weighted by molar-refractivity contribution is -0.115. The highest BCUT2D eigenvalue weighted by Crippen LogP contribution is 2.35. The van der Waals surface area contributed by atoms with E-state index in [4.69, 9.17) is 14.9 Å². The van der Waals surface area contributed by atoms with Gasteiger partial charge in [0.1, 0.15) is 12.4 Å². The van der Waals surface area contributed by atoms with Crippen LogP contribution in [0, 0.1) is 0 Å². The number of aliphatic hydroxyl groups is 1. The molecule has 0 aliphatic carbocycles. The predicted octanol–water partition coefficient (Wildman–Crippen LogP) is -0.954. The molecule has 0 saturated carbocycles. The van der Waals surface area contributed by atoms with E-state index < -0.39 is 13.9 Å². The van der Waals surface area contributed by atoms with Crippen LogP contribution in [-0.4, -0.2) is 33.9 Å². The van der Waals surface area contributed by atoms with Crippen LogP contribution >= 0.6 is 7.82 Å². The van der Waals surface area contributed by atoms with Crippen molar-refractivity contribution in [2.24, 2.45) is 0 Å². The number of hydrogen-bond acceptors (Lipinski definition) is 4. The summed E-state index contributed by atoms with van der Waals surface area (Å²) in [6.45, 7) is -0.343. The smallest absolute Gasteiger partial charge is 0.386 e. The van der Waals surface area contributed by atoms with Crippen LogP contribution in [0.1, 0.15) is 6.42 Å². The Morgan fingerprint density at radius 2 is 2.09 bits per heavy atom. The molecule has 0 radical (unpaired) electrons. The highest BCUT2D eigenvalue weighted by atomic mass is 31.2. The molecule has 0 heterocycles. The van der Waals surface area contributed by atoms with Gasteiger partial charge in [0.15, 0.2) is 0 Å². The van der Waals surface area contributed by atoms with Crippen LogP contribution in [0.3, 0.4) is 0 Å². The van der Waals surface area contributed by atoms with Crippen molar-refractivity contribution in [1.29, 1.82) is 0 Å². The fraction of sp³-hybridized carbons (Fsp3) is 0.750. The summed E-state index contributed by atoms with van der Waals surface area (Å²) in [6.07, 6.45) is -1.07. The predicted molar refractivity (Wildman–Crippen MR) is 34.7 cm³/mol. The third-order valence-electron chi connectivity index (χ3n) is 0.830. The molecule has 0 saturated heterocycles. The second-order valence-electron chi connectivity index (χ2n) is 1.82. The number of phosphoric ester groups is 1. The monoisotopic (exact) mass is 184 g/mol. The zero-order valence-electron chi connectivity index (χ0n) is 5.58. The summed E-state index contributed by atoms with van der Waals surface area (Å²) in [5.41, 5.74) is 0. The van der Waals surface area contributed by atoms with Gasteiger partial charge in [-0.25, -0.2) is 4.57 Å². The Morgan fingerprint density at radius 3 is 2.45 bits per heavy atom. The molecule has 0 bridgehead atoms. The fourth-order valence-electron chi connectivity index (χ4n) is 0.360. The number of hydrogen-bond donors (Lipinski definition) is 3. The number of carbonyl (C=O) groups is 1. The first-order chi connectivity index (χ1) is 4.95. The molecule has 0 aliphatic rings. The summed E-state index contributed by atoms with van der Waals surface area (Å²) in [4.78, 5) is 26.0. The van der Waals surface area contributed by atoms with Crippen LogP contribution in [0.15, 0.2) is 0 Å². The number of aliphatic hydroxyl groups excluding tert-OH is 1. The van der Waals surface area contributed by atoms with Gasteiger partial charge in [-0.1, -0.05) is 0 Å². The Bertz CT molecular complexity index is 162. The van der Waals surface area contributed by atoms with Crippen molar-refractivity contribution in [3.8, 4) is 0 Å². The third kappa shape index (κ3) is 7.64. The molecule has 0 amide bonds. The molecular weight excluding hydrogens is 175 g/mol. The van der Waals surface area contributed by atoms with Gasteiger partial charge in [0.25, 0.3) is 0 Å². The molecule has 0 aromatic carbocycles. The summed E-state index contributed by atoms with van der Waals surface area (Å²) in [6, 6.07) is 0. The molecule has 0 fully saturated rings. The van der Waals surface area contributed by atoms with Crippen LogP contribution in [0.25, 0.3) is 0 Å². The number of rotatable bonds is 5. The van der Waals surface area contributed by atoms with E-state index in [1.54, 1.807) is 0 Å². The van der Waals surface area contributed by atoms with Crippen molar-refractivity contribution in [1.82, 2.24) is 0 Å². The van der Waals surface area contributed by atoms with E-state index in [9.17, 15) is 9.36 Å². The first-order valence-electron chi connectivity index (χ1n) is 2.79. The normalized spacial score (nSPS) is 14.5. The Hall–Kier alpha value is -0.260. The van der Waals surface area contributed by atoms with Crippen LogP contribution in [0.5, 0.6) is 0 Å². The summed E-state index contributed by atoms with van der Waals surface area (Å²) < 4.78 is 14.0. The van der Waals surface area contributed by atoms with Crippen molar-refractivity contribution in [3.05, 3.63) is 0 Å². The average molecular weight is 184 g/mol. The van der Waals surface area contributed by atoms with E-state index >= 15 is 0 Å². The van der Waals surface area contributed by atoms with E-state index in [0.29, 0.717) is 0 Å². The van der Waals surface area contributed by atoms with Crippen molar-refractivity contribution in [3.63, 3.8) is 0 Å². The molecule has 3 N–H and O–H groups in total. The van der Waals surface area contributed by atoms with Gasteiger partial charge in [0, 0.05) is 6.42 Å². The lowest BCUT2D eigenvalue weighted by atomic mass is 10.3. The molecular formula is C4H9O6P. The topological polar surface area (TPSA) is 104 Å². The number of aldehydes is 1. The van der Waals surface area contributed by atoms with E-state index in [-0.39, 0.29) is 19.3 Å². The van der Waals surface area contributed by atoms with Gasteiger partial charge in [-0.05, 0) is 0 Å². The van der Waals surface area contributed by atoms with Gasteiger partial charge >= 0.3 is 7.82 Å². The molecule has 11 heavy (non-hydrogen) atoms. The summed E-state index contributed by atoms with van der Waals surface area (Å²) in [5.74, 6) is 0. The van der Waals surface area contributed by atoms with Crippen LogP contribution in [0.4, 0.5) is 0 Å². The molecule has 0 aromatic rings. The summed E-state index contributed by atoms with van der Waals surface area (Å²) >= 11 is 0. The maximum atomic E-state index is 10.0. The van der Waals surface area contributed by atoms with Crippen molar-refractivity contribution >= 4 is 14.1 Å². The molecule has 1 atom stereocenters. The van der Waals surface area contributed by atoms with E-state index in [2.05, 4.69) is 4.52 Å². The maximum Gasteiger partial charge on any atom is 0.469 e. The maximum absolute atomic E-state index is 10.0. The molecule has 7 heteroatoms. The first-order valence-corrected chi connectivity index (χ1v) is 4.32. The SMILES string of the molecule is O=C[C@H](O)CCOP(=O)(O)O. The van der Waals surface area contributed by atoms with Gasteiger partial charge in [-0.3, -0.25) is 4.52 Å². The van der Waals surface area contributed by atoms with Crippen LogP contribution in [0.2, 0.25) is 0 Å². The van der Waals surface area contributed by atoms with E-state index in [1.165, 1.54) is 0 Å². The van der Waals surface area contributed by atoms with Crippen molar-refractivity contribution in [2.45, 2.75) is 12.5 Å². The van der Waals surface area contributed by atoms with Gasteiger partial charge < -0.3 is 19.7 Å². The van der Waals surface area contributed by atoms with Crippen LogP contribution < -0.4 is 0 Å². The van der Waals surface area contributed by atoms with E-state index in [0.717, 1.165) is 0 Å². The molecule has 66 valence electrons. The summed E-state index contributed by atoms with van der Waals surface area (Å²) in [5, 5.41) is 8.55. The Balaban J connectivity index is 3.42. The Labute approximate surface area is 63.0 Å². The molecule has 0 rings (SSSR count). The second kappa shape index (κ2) is 4.58. The molecule has 6 nitrogen and oxygen atoms in total. The minimum absolute atomic E-state index is 0.116. The minimum atomic E-state index is -4.46. The largest absolute Gasteiger partial charge is 0.469 e. The minimum Gasteiger partial charge on any atom is -0.386 e. The molecule has 0 unspecified atom stereocenters. The van der Waals surface area contributed by atoms with Gasteiger partial charge in [0.2, 0.25) is 0 Å². The molecule has 0 aromatic heterocycles. The van der Waals surface area contributed by atoms with Gasteiger partial charge in [0.05, 0.1) is 6.61 Å². The Kier molecular flexibility index (Phi) is 4.48. The average Bonchev–Trinajstić information content (AvgIpc) is 1.85. The fourth-order valence-corrected chi connectivity index (χ4v) is 0.704. The number of carbonyl (C=O) groups excluding carboxylic acids is 1. The second-order valence-corrected chi connectivity index (χ2v) is 3.06. The van der Waals surface area contributed by atoms with Crippen molar-refractivity contribution in [2.75, 3.05) is 6.61 Å². The highest BCUT2D eigenvalue weighted by Gasteiger charge is 2.13. The van der Waals surface area contributed by atoms with Crippen molar-refractivity contribution < 1.29 is 28.8 Å². The molecule has 0 aliphatic heterocycles. The standard InChI is InChI=1S/C4H9O6P/c5-3-4(6)1-2-10-11(7,8)9/h3-4,6H,1-2H2,(H2,7,8,9)/t4-/m1/s1. The number of phosphoric acid groups is 1. The quantitative estimate of drug-likeness (QED) is 0.375. The Morgan fingerprint density at radius 1 is 1.55 bits per heavy atom. The molecule has 0 spiro atoms. The van der Waals surface area contributed by atoms with Gasteiger partial charge in [-0.2, -0.15) is 0 Å². The highest BCUT2D eigenvalue weighted by molar-refractivity contribution is 7.46. The first kappa shape index (κ1) is 10.7. The lowest BCUT2D eigenvalue weighted by Gasteiger charge is -2.05.